The second-order valence-electron chi connectivity index (χ2n) is 8.32. The molecule has 4 rings (SSSR count). The maximum absolute atomic E-state index is 13.0. The number of ether oxygens (including phenoxy) is 3. The Morgan fingerprint density at radius 1 is 1.03 bits per heavy atom. The van der Waals surface area contributed by atoms with Gasteiger partial charge in [0.1, 0.15) is 22.8 Å². The Morgan fingerprint density at radius 3 is 2.56 bits per heavy atom. The molecule has 0 saturated carbocycles. The van der Waals surface area contributed by atoms with Crippen molar-refractivity contribution < 1.29 is 23.4 Å². The molecule has 1 amide bonds. The first-order valence-electron chi connectivity index (χ1n) is 12.0. The zero-order valence-corrected chi connectivity index (χ0v) is 21.3. The van der Waals surface area contributed by atoms with Crippen LogP contribution < -0.4 is 19.5 Å². The SMILES string of the molecule is CCOc1ccccc1NC(=O)/C=C(\C)c1cc2c(-c3cccc(OC)c3)coc2c(C)c1OCC. The lowest BCUT2D eigenvalue weighted by molar-refractivity contribution is -0.111. The van der Waals surface area contributed by atoms with Gasteiger partial charge in [0, 0.05) is 28.2 Å². The minimum atomic E-state index is -0.250. The van der Waals surface area contributed by atoms with Crippen molar-refractivity contribution in [2.75, 3.05) is 25.6 Å². The van der Waals surface area contributed by atoms with Gasteiger partial charge in [-0.25, -0.2) is 0 Å². The van der Waals surface area contributed by atoms with Gasteiger partial charge in [-0.3, -0.25) is 4.79 Å². The summed E-state index contributed by atoms with van der Waals surface area (Å²) in [4.78, 5) is 13.0. The van der Waals surface area contributed by atoms with Gasteiger partial charge in [0.2, 0.25) is 5.91 Å². The number of hydrogen-bond acceptors (Lipinski definition) is 5. The van der Waals surface area contributed by atoms with Crippen LogP contribution in [0.15, 0.2) is 71.4 Å². The number of nitrogens with one attached hydrogen (secondary N) is 1. The molecule has 1 aromatic heterocycles. The van der Waals surface area contributed by atoms with E-state index in [1.54, 1.807) is 19.4 Å². The standard InChI is InChI=1S/C30H31NO5/c1-6-34-27-14-9-8-13-26(27)31-28(32)15-19(3)23-17-24-25(21-11-10-12-22(16-21)33-5)18-36-30(24)20(4)29(23)35-7-2/h8-18H,6-7H2,1-5H3,(H,31,32)/b19-15+. The third-order valence-corrected chi connectivity index (χ3v) is 5.93. The third kappa shape index (κ3) is 5.08. The van der Waals surface area contributed by atoms with E-state index in [0.717, 1.165) is 44.5 Å². The lowest BCUT2D eigenvalue weighted by atomic mass is 9.96. The number of para-hydroxylation sites is 2. The van der Waals surface area contributed by atoms with Gasteiger partial charge in [0.25, 0.3) is 0 Å². The van der Waals surface area contributed by atoms with E-state index in [1.807, 2.05) is 82.3 Å². The number of carbonyl (C=O) groups excluding carboxylic acids is 1. The molecule has 186 valence electrons. The lowest BCUT2D eigenvalue weighted by Crippen LogP contribution is -2.10. The van der Waals surface area contributed by atoms with Crippen LogP contribution in [0.3, 0.4) is 0 Å². The fourth-order valence-corrected chi connectivity index (χ4v) is 4.25. The zero-order chi connectivity index (χ0) is 25.7. The molecule has 6 heteroatoms. The van der Waals surface area contributed by atoms with Crippen molar-refractivity contribution in [3.8, 4) is 28.4 Å². The van der Waals surface area contributed by atoms with E-state index in [0.29, 0.717) is 30.4 Å². The average Bonchev–Trinajstić information content (AvgIpc) is 3.31. The number of amides is 1. The van der Waals surface area contributed by atoms with E-state index in [2.05, 4.69) is 5.32 Å². The van der Waals surface area contributed by atoms with Crippen LogP contribution >= 0.6 is 0 Å². The van der Waals surface area contributed by atoms with E-state index in [1.165, 1.54) is 0 Å². The van der Waals surface area contributed by atoms with Crippen molar-refractivity contribution in [3.63, 3.8) is 0 Å². The molecule has 0 unspecified atom stereocenters. The fraction of sp³-hybridized carbons (Fsp3) is 0.233. The minimum Gasteiger partial charge on any atom is -0.497 e. The number of fused-ring (bicyclic) bond motifs is 1. The molecule has 6 nitrogen and oxygen atoms in total. The smallest absolute Gasteiger partial charge is 0.248 e. The Kier molecular flexibility index (Phi) is 7.64. The highest BCUT2D eigenvalue weighted by Gasteiger charge is 2.19. The summed E-state index contributed by atoms with van der Waals surface area (Å²) in [6, 6.07) is 17.3. The van der Waals surface area contributed by atoms with Gasteiger partial charge in [-0.15, -0.1) is 0 Å². The van der Waals surface area contributed by atoms with Gasteiger partial charge in [-0.2, -0.15) is 0 Å². The zero-order valence-electron chi connectivity index (χ0n) is 21.3. The number of hydrogen-bond donors (Lipinski definition) is 1. The van der Waals surface area contributed by atoms with Gasteiger partial charge in [-0.1, -0.05) is 24.3 Å². The second-order valence-corrected chi connectivity index (χ2v) is 8.32. The Balaban J connectivity index is 1.76. The molecule has 0 radical (unpaired) electrons. The molecule has 0 aliphatic carbocycles. The second kappa shape index (κ2) is 11.0. The largest absolute Gasteiger partial charge is 0.497 e. The number of furan rings is 1. The molecule has 0 fully saturated rings. The van der Waals surface area contributed by atoms with Crippen molar-refractivity contribution in [2.24, 2.45) is 0 Å². The summed E-state index contributed by atoms with van der Waals surface area (Å²) in [5, 5.41) is 3.87. The van der Waals surface area contributed by atoms with E-state index >= 15 is 0 Å². The summed E-state index contributed by atoms with van der Waals surface area (Å²) in [5.74, 6) is 1.85. The Labute approximate surface area is 211 Å². The van der Waals surface area contributed by atoms with E-state index in [4.69, 9.17) is 18.6 Å². The number of allylic oxidation sites excluding steroid dienone is 1. The van der Waals surface area contributed by atoms with Crippen molar-refractivity contribution >= 4 is 28.1 Å². The summed E-state index contributed by atoms with van der Waals surface area (Å²) in [5.41, 5.74) is 5.79. The maximum atomic E-state index is 13.0. The number of benzene rings is 3. The van der Waals surface area contributed by atoms with Gasteiger partial charge < -0.3 is 23.9 Å². The molecule has 36 heavy (non-hydrogen) atoms. The molecule has 0 saturated heterocycles. The molecule has 1 heterocycles. The third-order valence-electron chi connectivity index (χ3n) is 5.93. The van der Waals surface area contributed by atoms with Crippen LogP contribution in [-0.4, -0.2) is 26.2 Å². The molecular formula is C30H31NO5. The number of rotatable bonds is 9. The van der Waals surface area contributed by atoms with Crippen LogP contribution in [-0.2, 0) is 4.79 Å². The van der Waals surface area contributed by atoms with Crippen molar-refractivity contribution in [2.45, 2.75) is 27.7 Å². The van der Waals surface area contributed by atoms with E-state index in [-0.39, 0.29) is 5.91 Å². The monoisotopic (exact) mass is 485 g/mol. The van der Waals surface area contributed by atoms with Crippen LogP contribution in [0, 0.1) is 6.92 Å². The predicted octanol–water partition coefficient (Wildman–Crippen LogP) is 7.26. The van der Waals surface area contributed by atoms with Gasteiger partial charge in [0.15, 0.2) is 0 Å². The van der Waals surface area contributed by atoms with Crippen LogP contribution in [0.2, 0.25) is 0 Å². The van der Waals surface area contributed by atoms with Crippen LogP contribution in [0.25, 0.3) is 27.7 Å². The van der Waals surface area contributed by atoms with Crippen molar-refractivity contribution in [1.29, 1.82) is 0 Å². The van der Waals surface area contributed by atoms with Gasteiger partial charge in [0.05, 0.1) is 32.3 Å². The number of methoxy groups -OCH3 is 1. The first-order valence-corrected chi connectivity index (χ1v) is 12.0. The summed E-state index contributed by atoms with van der Waals surface area (Å²) in [6.45, 7) is 8.73. The Bertz CT molecular complexity index is 1420. The highest BCUT2D eigenvalue weighted by Crippen LogP contribution is 2.41. The quantitative estimate of drug-likeness (QED) is 0.253. The number of anilines is 1. The van der Waals surface area contributed by atoms with Crippen LogP contribution in [0.4, 0.5) is 5.69 Å². The van der Waals surface area contributed by atoms with Crippen LogP contribution in [0.1, 0.15) is 31.9 Å². The van der Waals surface area contributed by atoms with Crippen LogP contribution in [0.5, 0.6) is 17.2 Å². The number of carbonyl (C=O) groups is 1. The molecule has 0 aliphatic heterocycles. The lowest BCUT2D eigenvalue weighted by Gasteiger charge is -2.15. The average molecular weight is 486 g/mol. The maximum Gasteiger partial charge on any atom is 0.248 e. The summed E-state index contributed by atoms with van der Waals surface area (Å²) in [7, 11) is 1.65. The summed E-state index contributed by atoms with van der Waals surface area (Å²) >= 11 is 0. The highest BCUT2D eigenvalue weighted by molar-refractivity contribution is 6.06. The molecule has 3 aromatic carbocycles. The number of aryl methyl sites for hydroxylation is 1. The van der Waals surface area contributed by atoms with E-state index < -0.39 is 0 Å². The van der Waals surface area contributed by atoms with Crippen molar-refractivity contribution in [1.82, 2.24) is 0 Å². The Hall–Kier alpha value is -4.19. The van der Waals surface area contributed by atoms with Gasteiger partial charge in [-0.05, 0) is 69.2 Å². The molecule has 0 aliphatic rings. The summed E-state index contributed by atoms with van der Waals surface area (Å²) in [6.07, 6.45) is 3.33. The topological polar surface area (TPSA) is 69.9 Å². The fourth-order valence-electron chi connectivity index (χ4n) is 4.25. The molecule has 0 bridgehead atoms. The molecule has 4 aromatic rings. The molecule has 0 spiro atoms. The normalized spacial score (nSPS) is 11.4. The molecular weight excluding hydrogens is 454 g/mol. The van der Waals surface area contributed by atoms with Gasteiger partial charge >= 0.3 is 0 Å². The van der Waals surface area contributed by atoms with Crippen molar-refractivity contribution in [3.05, 3.63) is 78.1 Å². The molecule has 0 atom stereocenters. The Morgan fingerprint density at radius 2 is 1.81 bits per heavy atom. The first kappa shape index (κ1) is 24.9. The highest BCUT2D eigenvalue weighted by atomic mass is 16.5. The minimum absolute atomic E-state index is 0.250. The molecule has 1 N–H and O–H groups in total. The first-order chi connectivity index (χ1) is 17.5. The predicted molar refractivity (Wildman–Crippen MR) is 144 cm³/mol. The summed E-state index contributed by atoms with van der Waals surface area (Å²) < 4.78 is 23.1. The van der Waals surface area contributed by atoms with E-state index in [9.17, 15) is 4.79 Å².